The van der Waals surface area contributed by atoms with Crippen LogP contribution in [0.5, 0.6) is 0 Å². The molecule has 4 rings (SSSR count). The quantitative estimate of drug-likeness (QED) is 0.804. The molecule has 0 aromatic heterocycles. The molecule has 0 radical (unpaired) electrons. The second-order valence-corrected chi connectivity index (χ2v) is 7.95. The summed E-state index contributed by atoms with van der Waals surface area (Å²) in [6, 6.07) is 7.18. The third kappa shape index (κ3) is 3.86. The van der Waals surface area contributed by atoms with Crippen LogP contribution in [0.2, 0.25) is 0 Å². The van der Waals surface area contributed by atoms with E-state index in [4.69, 9.17) is 0 Å². The van der Waals surface area contributed by atoms with Crippen LogP contribution in [-0.4, -0.2) is 61.2 Å². The van der Waals surface area contributed by atoms with Crippen LogP contribution in [0.15, 0.2) is 24.3 Å². The van der Waals surface area contributed by atoms with Crippen LogP contribution < -0.4 is 4.90 Å². The summed E-state index contributed by atoms with van der Waals surface area (Å²) in [5.74, 6) is 0. The molecule has 1 aliphatic carbocycles. The highest BCUT2D eigenvalue weighted by atomic mass is 19.4. The van der Waals surface area contributed by atoms with Crippen molar-refractivity contribution < 1.29 is 13.2 Å². The molecule has 0 spiro atoms. The van der Waals surface area contributed by atoms with Crippen molar-refractivity contribution >= 4 is 5.69 Å². The van der Waals surface area contributed by atoms with Crippen molar-refractivity contribution in [3.05, 3.63) is 29.8 Å². The van der Waals surface area contributed by atoms with Gasteiger partial charge in [-0.15, -0.1) is 0 Å². The Labute approximate surface area is 153 Å². The summed E-state index contributed by atoms with van der Waals surface area (Å²) < 4.78 is 38.8. The number of anilines is 1. The molecule has 1 aromatic rings. The Balaban J connectivity index is 1.34. The number of halogens is 3. The Morgan fingerprint density at radius 3 is 2.19 bits per heavy atom. The Morgan fingerprint density at radius 2 is 1.54 bits per heavy atom. The highest BCUT2D eigenvalue weighted by Crippen LogP contribution is 2.32. The molecule has 2 heterocycles. The van der Waals surface area contributed by atoms with Crippen molar-refractivity contribution in [1.29, 1.82) is 0 Å². The van der Waals surface area contributed by atoms with E-state index >= 15 is 0 Å². The lowest BCUT2D eigenvalue weighted by Gasteiger charge is -2.47. The van der Waals surface area contributed by atoms with Crippen molar-refractivity contribution in [1.82, 2.24) is 9.80 Å². The molecule has 0 N–H and O–H groups in total. The van der Waals surface area contributed by atoms with Crippen molar-refractivity contribution in [2.45, 2.75) is 50.4 Å². The minimum absolute atomic E-state index is 0.555. The van der Waals surface area contributed by atoms with E-state index in [-0.39, 0.29) is 0 Å². The van der Waals surface area contributed by atoms with Gasteiger partial charge in [0.05, 0.1) is 5.56 Å². The van der Waals surface area contributed by atoms with Crippen LogP contribution in [0.3, 0.4) is 0 Å². The van der Waals surface area contributed by atoms with Crippen molar-refractivity contribution in [3.8, 4) is 0 Å². The van der Waals surface area contributed by atoms with Crippen molar-refractivity contribution in [2.24, 2.45) is 0 Å². The maximum absolute atomic E-state index is 12.9. The van der Waals surface area contributed by atoms with Gasteiger partial charge in [-0.1, -0.05) is 12.5 Å². The number of hydrogen-bond donors (Lipinski definition) is 0. The first-order chi connectivity index (χ1) is 12.5. The van der Waals surface area contributed by atoms with E-state index in [1.807, 2.05) is 0 Å². The van der Waals surface area contributed by atoms with Gasteiger partial charge >= 0.3 is 6.18 Å². The minimum atomic E-state index is -4.27. The van der Waals surface area contributed by atoms with Gasteiger partial charge in [0, 0.05) is 50.5 Å². The molecule has 0 bridgehead atoms. The lowest BCUT2D eigenvalue weighted by Crippen LogP contribution is -2.57. The molecule has 1 atom stereocenters. The van der Waals surface area contributed by atoms with E-state index in [2.05, 4.69) is 14.7 Å². The summed E-state index contributed by atoms with van der Waals surface area (Å²) in [6.45, 7) is 5.92. The Hall–Kier alpha value is -1.27. The third-order valence-corrected chi connectivity index (χ3v) is 6.39. The number of nitrogens with zero attached hydrogens (tertiary/aromatic N) is 3. The second kappa shape index (κ2) is 7.39. The molecule has 0 amide bonds. The molecular formula is C20H28F3N3. The van der Waals surface area contributed by atoms with E-state index in [0.29, 0.717) is 11.7 Å². The van der Waals surface area contributed by atoms with Gasteiger partial charge in [-0.05, 0) is 50.4 Å². The topological polar surface area (TPSA) is 9.72 Å². The number of benzene rings is 1. The van der Waals surface area contributed by atoms with Gasteiger partial charge in [0.15, 0.2) is 0 Å². The Kier molecular flexibility index (Phi) is 5.15. The highest BCUT2D eigenvalue weighted by Gasteiger charge is 2.34. The SMILES string of the molecule is FC(F)(F)c1cccc(N2CCN([C@H]3CCCN(C4CCC4)C3)CC2)c1. The average Bonchev–Trinajstić information content (AvgIpc) is 2.60. The van der Waals surface area contributed by atoms with Gasteiger partial charge in [0.25, 0.3) is 0 Å². The van der Waals surface area contributed by atoms with Crippen molar-refractivity contribution in [3.63, 3.8) is 0 Å². The van der Waals surface area contributed by atoms with Gasteiger partial charge in [-0.3, -0.25) is 9.80 Å². The van der Waals surface area contributed by atoms with Crippen LogP contribution >= 0.6 is 0 Å². The molecule has 3 nitrogen and oxygen atoms in total. The minimum Gasteiger partial charge on any atom is -0.369 e. The summed E-state index contributed by atoms with van der Waals surface area (Å²) >= 11 is 0. The zero-order valence-corrected chi connectivity index (χ0v) is 15.2. The van der Waals surface area contributed by atoms with Crippen LogP contribution in [0.25, 0.3) is 0 Å². The standard InChI is InChI=1S/C20H28F3N3/c21-20(22,23)16-4-1-7-18(14-16)24-10-12-25(13-11-24)19-8-3-9-26(15-19)17-5-2-6-17/h1,4,7,14,17,19H,2-3,5-6,8-13,15H2/t19-/m0/s1. The van der Waals surface area contributed by atoms with E-state index < -0.39 is 11.7 Å². The molecule has 3 fully saturated rings. The van der Waals surface area contributed by atoms with Gasteiger partial charge in [-0.25, -0.2) is 0 Å². The van der Waals surface area contributed by atoms with Crippen LogP contribution in [0, 0.1) is 0 Å². The van der Waals surface area contributed by atoms with Gasteiger partial charge < -0.3 is 4.90 Å². The molecule has 1 aromatic carbocycles. The fourth-order valence-electron chi connectivity index (χ4n) is 4.59. The lowest BCUT2D eigenvalue weighted by atomic mass is 9.89. The van der Waals surface area contributed by atoms with Crippen LogP contribution in [0.1, 0.15) is 37.7 Å². The number of piperazine rings is 1. The maximum atomic E-state index is 12.9. The molecule has 0 unspecified atom stereocenters. The number of piperidine rings is 1. The predicted octanol–water partition coefficient (Wildman–Crippen LogP) is 3.84. The first kappa shape index (κ1) is 18.1. The summed E-state index contributed by atoms with van der Waals surface area (Å²) in [5, 5.41) is 0. The number of hydrogen-bond acceptors (Lipinski definition) is 3. The van der Waals surface area contributed by atoms with E-state index in [1.54, 1.807) is 6.07 Å². The molecule has 3 aliphatic rings. The summed E-state index contributed by atoms with van der Waals surface area (Å²) in [7, 11) is 0. The number of likely N-dealkylation sites (tertiary alicyclic amines) is 1. The molecule has 2 aliphatic heterocycles. The number of alkyl halides is 3. The van der Waals surface area contributed by atoms with Gasteiger partial charge in [-0.2, -0.15) is 13.2 Å². The van der Waals surface area contributed by atoms with E-state index in [9.17, 15) is 13.2 Å². The first-order valence-electron chi connectivity index (χ1n) is 9.91. The third-order valence-electron chi connectivity index (χ3n) is 6.39. The monoisotopic (exact) mass is 367 g/mol. The molecule has 6 heteroatoms. The molecule has 26 heavy (non-hydrogen) atoms. The van der Waals surface area contributed by atoms with E-state index in [1.165, 1.54) is 57.3 Å². The molecular weight excluding hydrogens is 339 g/mol. The zero-order valence-electron chi connectivity index (χ0n) is 15.2. The van der Waals surface area contributed by atoms with Gasteiger partial charge in [0.2, 0.25) is 0 Å². The lowest BCUT2D eigenvalue weighted by molar-refractivity contribution is -0.137. The molecule has 1 saturated carbocycles. The Morgan fingerprint density at radius 1 is 0.808 bits per heavy atom. The second-order valence-electron chi connectivity index (χ2n) is 7.95. The first-order valence-corrected chi connectivity index (χ1v) is 9.91. The summed E-state index contributed by atoms with van der Waals surface area (Å²) in [5.41, 5.74) is 0.139. The maximum Gasteiger partial charge on any atom is 0.416 e. The average molecular weight is 367 g/mol. The molecule has 144 valence electrons. The Bertz CT molecular complexity index is 607. The largest absolute Gasteiger partial charge is 0.416 e. The normalized spacial score (nSPS) is 26.7. The predicted molar refractivity (Wildman–Crippen MR) is 97.5 cm³/mol. The van der Waals surface area contributed by atoms with E-state index in [0.717, 1.165) is 38.3 Å². The number of rotatable bonds is 3. The molecule has 2 saturated heterocycles. The fraction of sp³-hybridized carbons (Fsp3) is 0.700. The smallest absolute Gasteiger partial charge is 0.369 e. The fourth-order valence-corrected chi connectivity index (χ4v) is 4.59. The van der Waals surface area contributed by atoms with Crippen molar-refractivity contribution in [2.75, 3.05) is 44.2 Å². The highest BCUT2D eigenvalue weighted by molar-refractivity contribution is 5.49. The zero-order chi connectivity index (χ0) is 18.1. The van der Waals surface area contributed by atoms with Gasteiger partial charge in [0.1, 0.15) is 0 Å². The van der Waals surface area contributed by atoms with Crippen LogP contribution in [0.4, 0.5) is 18.9 Å². The summed E-state index contributed by atoms with van der Waals surface area (Å²) in [4.78, 5) is 7.34. The van der Waals surface area contributed by atoms with Crippen LogP contribution in [-0.2, 0) is 6.18 Å². The summed E-state index contributed by atoms with van der Waals surface area (Å²) in [6.07, 6.45) is 2.35.